The van der Waals surface area contributed by atoms with Gasteiger partial charge in [-0.1, -0.05) is 35.9 Å². The van der Waals surface area contributed by atoms with E-state index in [1.165, 1.54) is 15.6 Å². The molecule has 0 aliphatic carbocycles. The fraction of sp³-hybridized carbons (Fsp3) is 0.217. The average molecular weight is 388 g/mol. The van der Waals surface area contributed by atoms with Crippen LogP contribution in [0.2, 0.25) is 0 Å². The third kappa shape index (κ3) is 4.22. The molecule has 0 unspecified atom stereocenters. The van der Waals surface area contributed by atoms with Gasteiger partial charge in [0.2, 0.25) is 0 Å². The SMILES string of the molecule is COc1ccc(CN(C)Cc2cc(=O)n3[nH]c(-c4cccc(C)c4)cc3n2)cc1. The third-order valence-electron chi connectivity index (χ3n) is 4.88. The molecule has 148 valence electrons. The maximum Gasteiger partial charge on any atom is 0.272 e. The number of fused-ring (bicyclic) bond motifs is 1. The summed E-state index contributed by atoms with van der Waals surface area (Å²) in [5.41, 5.74) is 5.52. The molecular formula is C23H24N4O2. The van der Waals surface area contributed by atoms with Crippen molar-refractivity contribution in [3.63, 3.8) is 0 Å². The van der Waals surface area contributed by atoms with Gasteiger partial charge in [-0.15, -0.1) is 0 Å². The number of aromatic nitrogens is 3. The van der Waals surface area contributed by atoms with Gasteiger partial charge in [0.15, 0.2) is 5.65 Å². The van der Waals surface area contributed by atoms with E-state index in [-0.39, 0.29) is 5.56 Å². The molecule has 2 aromatic carbocycles. The highest BCUT2D eigenvalue weighted by Crippen LogP contribution is 2.20. The van der Waals surface area contributed by atoms with Crippen molar-refractivity contribution < 1.29 is 4.74 Å². The molecule has 0 aliphatic rings. The number of aryl methyl sites for hydroxylation is 1. The van der Waals surface area contributed by atoms with Crippen molar-refractivity contribution in [1.29, 1.82) is 0 Å². The van der Waals surface area contributed by atoms with E-state index in [1.807, 2.05) is 62.5 Å². The molecule has 4 aromatic rings. The van der Waals surface area contributed by atoms with Crippen LogP contribution in [0.15, 0.2) is 65.5 Å². The zero-order chi connectivity index (χ0) is 20.4. The summed E-state index contributed by atoms with van der Waals surface area (Å²) in [6.45, 7) is 3.39. The van der Waals surface area contributed by atoms with Crippen LogP contribution in [0.25, 0.3) is 16.9 Å². The molecule has 0 bridgehead atoms. The van der Waals surface area contributed by atoms with Crippen LogP contribution in [0.5, 0.6) is 5.75 Å². The molecular weight excluding hydrogens is 364 g/mol. The van der Waals surface area contributed by atoms with Gasteiger partial charge in [0.25, 0.3) is 5.56 Å². The predicted molar refractivity (Wildman–Crippen MR) is 114 cm³/mol. The average Bonchev–Trinajstić information content (AvgIpc) is 3.13. The number of nitrogens with zero attached hydrogens (tertiary/aromatic N) is 3. The van der Waals surface area contributed by atoms with E-state index < -0.39 is 0 Å². The molecule has 29 heavy (non-hydrogen) atoms. The first kappa shape index (κ1) is 19.0. The molecule has 0 fully saturated rings. The Morgan fingerprint density at radius 3 is 2.59 bits per heavy atom. The molecule has 0 atom stereocenters. The van der Waals surface area contributed by atoms with E-state index in [4.69, 9.17) is 4.74 Å². The van der Waals surface area contributed by atoms with E-state index in [9.17, 15) is 4.79 Å². The Kier molecular flexibility index (Phi) is 5.18. The summed E-state index contributed by atoms with van der Waals surface area (Å²) in [5, 5.41) is 3.15. The molecule has 0 saturated carbocycles. The number of nitrogens with one attached hydrogen (secondary N) is 1. The smallest absolute Gasteiger partial charge is 0.272 e. The number of ether oxygens (including phenoxy) is 1. The number of aromatic amines is 1. The summed E-state index contributed by atoms with van der Waals surface area (Å²) in [6.07, 6.45) is 0. The van der Waals surface area contributed by atoms with Crippen LogP contribution in [0.3, 0.4) is 0 Å². The van der Waals surface area contributed by atoms with Gasteiger partial charge >= 0.3 is 0 Å². The van der Waals surface area contributed by atoms with Gasteiger partial charge in [0.1, 0.15) is 5.75 Å². The van der Waals surface area contributed by atoms with Gasteiger partial charge in [-0.2, -0.15) is 0 Å². The Bertz CT molecular complexity index is 1190. The van der Waals surface area contributed by atoms with E-state index in [1.54, 1.807) is 13.2 Å². The topological polar surface area (TPSA) is 62.6 Å². The highest BCUT2D eigenvalue weighted by molar-refractivity contribution is 5.64. The summed E-state index contributed by atoms with van der Waals surface area (Å²) in [5.74, 6) is 0.841. The van der Waals surface area contributed by atoms with Gasteiger partial charge < -0.3 is 4.74 Å². The zero-order valence-electron chi connectivity index (χ0n) is 16.8. The molecule has 0 saturated heterocycles. The Balaban J connectivity index is 1.55. The standard InChI is InChI=1S/C23H24N4O2/c1-16-5-4-6-18(11-16)21-13-22-24-19(12-23(28)27(22)25-21)15-26(2)14-17-7-9-20(29-3)10-8-17/h4-13,25H,14-15H2,1-3H3. The molecule has 4 rings (SSSR count). The molecule has 6 nitrogen and oxygen atoms in total. The fourth-order valence-corrected chi connectivity index (χ4v) is 3.46. The monoisotopic (exact) mass is 388 g/mol. The second-order valence-corrected chi connectivity index (χ2v) is 7.34. The Hall–Kier alpha value is -3.38. The fourth-order valence-electron chi connectivity index (χ4n) is 3.46. The quantitative estimate of drug-likeness (QED) is 0.548. The minimum atomic E-state index is -0.109. The molecule has 2 aromatic heterocycles. The van der Waals surface area contributed by atoms with Crippen molar-refractivity contribution in [3.8, 4) is 17.0 Å². The number of benzene rings is 2. The maximum absolute atomic E-state index is 12.6. The van der Waals surface area contributed by atoms with Gasteiger partial charge in [-0.25, -0.2) is 9.50 Å². The molecule has 0 aliphatic heterocycles. The molecule has 1 N–H and O–H groups in total. The lowest BCUT2D eigenvalue weighted by atomic mass is 10.1. The first-order valence-electron chi connectivity index (χ1n) is 9.52. The van der Waals surface area contributed by atoms with E-state index >= 15 is 0 Å². The van der Waals surface area contributed by atoms with Crippen LogP contribution in [-0.2, 0) is 13.1 Å². The minimum Gasteiger partial charge on any atom is -0.497 e. The van der Waals surface area contributed by atoms with Crippen LogP contribution in [0.4, 0.5) is 0 Å². The van der Waals surface area contributed by atoms with Gasteiger partial charge in [0, 0.05) is 25.2 Å². The maximum atomic E-state index is 12.6. The summed E-state index contributed by atoms with van der Waals surface area (Å²) < 4.78 is 6.69. The van der Waals surface area contributed by atoms with Crippen molar-refractivity contribution in [2.24, 2.45) is 0 Å². The lowest BCUT2D eigenvalue weighted by Crippen LogP contribution is -2.21. The predicted octanol–water partition coefficient (Wildman–Crippen LogP) is 3.64. The summed E-state index contributed by atoms with van der Waals surface area (Å²) in [6, 6.07) is 19.7. The normalized spacial score (nSPS) is 11.3. The zero-order valence-corrected chi connectivity index (χ0v) is 16.8. The van der Waals surface area contributed by atoms with E-state index in [2.05, 4.69) is 21.0 Å². The Morgan fingerprint density at radius 1 is 1.07 bits per heavy atom. The molecule has 6 heteroatoms. The second-order valence-electron chi connectivity index (χ2n) is 7.34. The summed E-state index contributed by atoms with van der Waals surface area (Å²) in [7, 11) is 3.68. The number of rotatable bonds is 6. The summed E-state index contributed by atoms with van der Waals surface area (Å²) >= 11 is 0. The Morgan fingerprint density at radius 2 is 1.86 bits per heavy atom. The van der Waals surface area contributed by atoms with E-state index in [0.717, 1.165) is 29.2 Å². The highest BCUT2D eigenvalue weighted by atomic mass is 16.5. The highest BCUT2D eigenvalue weighted by Gasteiger charge is 2.10. The second kappa shape index (κ2) is 7.93. The Labute approximate surface area is 169 Å². The number of hydrogen-bond acceptors (Lipinski definition) is 4. The van der Waals surface area contributed by atoms with Crippen LogP contribution >= 0.6 is 0 Å². The van der Waals surface area contributed by atoms with Crippen LogP contribution in [0, 0.1) is 6.92 Å². The first-order valence-corrected chi connectivity index (χ1v) is 9.52. The third-order valence-corrected chi connectivity index (χ3v) is 4.88. The lowest BCUT2D eigenvalue weighted by Gasteiger charge is -2.16. The van der Waals surface area contributed by atoms with Crippen LogP contribution < -0.4 is 10.3 Å². The van der Waals surface area contributed by atoms with Crippen molar-refractivity contribution in [2.75, 3.05) is 14.2 Å². The van der Waals surface area contributed by atoms with E-state index in [0.29, 0.717) is 12.2 Å². The molecule has 0 spiro atoms. The number of hydrogen-bond donors (Lipinski definition) is 1. The van der Waals surface area contributed by atoms with Crippen LogP contribution in [0.1, 0.15) is 16.8 Å². The van der Waals surface area contributed by atoms with Gasteiger partial charge in [0.05, 0.1) is 18.5 Å². The van der Waals surface area contributed by atoms with Crippen molar-refractivity contribution >= 4 is 5.65 Å². The van der Waals surface area contributed by atoms with Gasteiger partial charge in [-0.05, 0) is 43.3 Å². The van der Waals surface area contributed by atoms with Crippen molar-refractivity contribution in [3.05, 3.63) is 87.8 Å². The lowest BCUT2D eigenvalue weighted by molar-refractivity contribution is 0.315. The largest absolute Gasteiger partial charge is 0.497 e. The first-order chi connectivity index (χ1) is 14.0. The van der Waals surface area contributed by atoms with Crippen molar-refractivity contribution in [1.82, 2.24) is 19.5 Å². The van der Waals surface area contributed by atoms with Gasteiger partial charge in [-0.3, -0.25) is 14.8 Å². The molecule has 0 amide bonds. The minimum absolute atomic E-state index is 0.109. The molecule has 2 heterocycles. The number of H-pyrrole nitrogens is 1. The number of methoxy groups -OCH3 is 1. The van der Waals surface area contributed by atoms with Crippen molar-refractivity contribution in [2.45, 2.75) is 20.0 Å². The summed E-state index contributed by atoms with van der Waals surface area (Å²) in [4.78, 5) is 19.4. The van der Waals surface area contributed by atoms with Crippen LogP contribution in [-0.4, -0.2) is 33.7 Å². The molecule has 0 radical (unpaired) electrons.